The van der Waals surface area contributed by atoms with Crippen molar-refractivity contribution >= 4 is 73.9 Å². The molecule has 8 nitrogen and oxygen atoms in total. The van der Waals surface area contributed by atoms with Crippen LogP contribution in [0, 0.1) is 19.2 Å². The second-order valence-corrected chi connectivity index (χ2v) is 13.7. The van der Waals surface area contributed by atoms with Gasteiger partial charge in [0, 0.05) is 43.4 Å². The third-order valence-corrected chi connectivity index (χ3v) is 8.40. The number of aryl methyl sites for hydroxylation is 2. The summed E-state index contributed by atoms with van der Waals surface area (Å²) < 4.78 is 4.71. The molecular formula is C34H43I2N6O2+. The van der Waals surface area contributed by atoms with E-state index in [9.17, 15) is 9.59 Å². The third kappa shape index (κ3) is 10.0. The van der Waals surface area contributed by atoms with Crippen molar-refractivity contribution in [1.82, 2.24) is 19.6 Å². The first kappa shape index (κ1) is 35.5. The maximum absolute atomic E-state index is 12.5. The van der Waals surface area contributed by atoms with Gasteiger partial charge in [0.05, 0.1) is 11.1 Å². The standard InChI is InChI=1S/C17H22IN3O.C17H20IN3O/c2*1-11(2)9-12(3)13-7-5-6-8-15(13)19-17(22)14-10-21(4)20-16(14)18/h5-8,10-12H,9H2,1-4H3,(H,19,22);5-11H,1-4H3,(H,19,22)/p+1. The Hall–Kier alpha value is -3.00. The number of nitrogens with one attached hydrogen (secondary N) is 2. The second kappa shape index (κ2) is 16.4. The largest absolute Gasteiger partial charge is 1.00 e. The highest BCUT2D eigenvalue weighted by atomic mass is 127. The van der Waals surface area contributed by atoms with Crippen LogP contribution in [0.4, 0.5) is 11.4 Å². The molecule has 0 saturated heterocycles. The maximum Gasteiger partial charge on any atom is 1.00 e. The van der Waals surface area contributed by atoms with Gasteiger partial charge in [-0.2, -0.15) is 10.2 Å². The number of hydrogen-bond donors (Lipinski definition) is 2. The molecule has 1 unspecified atom stereocenters. The normalized spacial score (nSPS) is 12.1. The lowest BCUT2D eigenvalue weighted by molar-refractivity contribution is 0.101. The van der Waals surface area contributed by atoms with Gasteiger partial charge in [0.15, 0.2) is 0 Å². The molecule has 2 aromatic carbocycles. The summed E-state index contributed by atoms with van der Waals surface area (Å²) >= 11 is 4.16. The summed E-state index contributed by atoms with van der Waals surface area (Å²) in [6.45, 7) is 13.0. The number of rotatable bonds is 9. The molecule has 0 aliphatic heterocycles. The zero-order chi connectivity index (χ0) is 32.6. The molecule has 2 N–H and O–H groups in total. The molecule has 2 aromatic heterocycles. The van der Waals surface area contributed by atoms with E-state index >= 15 is 0 Å². The molecule has 4 aromatic rings. The molecule has 2 heterocycles. The molecular weight excluding hydrogens is 778 g/mol. The van der Waals surface area contributed by atoms with E-state index in [1.54, 1.807) is 21.8 Å². The molecule has 0 bridgehead atoms. The molecule has 0 saturated carbocycles. The molecule has 0 fully saturated rings. The number of carbonyl (C=O) groups is 2. The van der Waals surface area contributed by atoms with Gasteiger partial charge in [-0.15, -0.1) is 0 Å². The lowest BCUT2D eigenvalue weighted by Gasteiger charge is -2.18. The summed E-state index contributed by atoms with van der Waals surface area (Å²) in [5.74, 6) is 1.24. The topological polar surface area (TPSA) is 93.8 Å². The fourth-order valence-electron chi connectivity index (χ4n) is 5.01. The van der Waals surface area contributed by atoms with Crippen molar-refractivity contribution in [3.63, 3.8) is 0 Å². The number of carbonyl (C=O) groups excluding carboxylic acids is 2. The Morgan fingerprint density at radius 1 is 0.795 bits per heavy atom. The number of benzene rings is 2. The summed E-state index contributed by atoms with van der Waals surface area (Å²) in [6, 6.07) is 15.9. The summed E-state index contributed by atoms with van der Waals surface area (Å²) in [6.07, 6.45) is 6.77. The van der Waals surface area contributed by atoms with Gasteiger partial charge in [0.1, 0.15) is 7.40 Å². The van der Waals surface area contributed by atoms with Crippen molar-refractivity contribution in [3.8, 4) is 0 Å². The summed E-state index contributed by atoms with van der Waals surface area (Å²) in [5, 5.41) is 14.5. The molecule has 0 aliphatic rings. The Balaban J connectivity index is 0.000000307. The van der Waals surface area contributed by atoms with Crippen LogP contribution in [0.1, 0.15) is 87.2 Å². The second-order valence-electron chi connectivity index (χ2n) is 11.7. The molecule has 234 valence electrons. The number of halogens is 2. The quantitative estimate of drug-likeness (QED) is 0.165. The number of hydrogen-bond acceptors (Lipinski definition) is 4. The van der Waals surface area contributed by atoms with Crippen molar-refractivity contribution in [2.24, 2.45) is 25.9 Å². The SMILES string of the molecule is CC(=CC(C)C)c1ccccc1NC(=O)c1cn(C)nc1I.CC(C)CC(C)c1ccccc1NC(=O)c1cn(C)nc1I.[H+]. The van der Waals surface area contributed by atoms with E-state index < -0.39 is 0 Å². The van der Waals surface area contributed by atoms with Crippen LogP contribution in [-0.2, 0) is 14.1 Å². The van der Waals surface area contributed by atoms with Gasteiger partial charge in [0.2, 0.25) is 0 Å². The average molecular weight is 822 g/mol. The van der Waals surface area contributed by atoms with Gasteiger partial charge in [-0.1, -0.05) is 77.1 Å². The molecule has 0 aliphatic carbocycles. The number of para-hydroxylation sites is 2. The van der Waals surface area contributed by atoms with E-state index in [1.165, 1.54) is 5.56 Å². The Labute approximate surface area is 289 Å². The third-order valence-electron chi connectivity index (χ3n) is 6.80. The lowest BCUT2D eigenvalue weighted by atomic mass is 9.91. The van der Waals surface area contributed by atoms with Crippen molar-refractivity contribution in [2.75, 3.05) is 10.6 Å². The van der Waals surface area contributed by atoms with E-state index in [-0.39, 0.29) is 13.2 Å². The smallest absolute Gasteiger partial charge is 0.322 e. The van der Waals surface area contributed by atoms with Crippen LogP contribution in [-0.4, -0.2) is 31.4 Å². The van der Waals surface area contributed by atoms with E-state index in [0.717, 1.165) is 28.9 Å². The van der Waals surface area contributed by atoms with Crippen LogP contribution in [0.2, 0.25) is 0 Å². The first-order chi connectivity index (χ1) is 20.8. The van der Waals surface area contributed by atoms with E-state index in [2.05, 4.69) is 120 Å². The molecule has 2 amide bonds. The van der Waals surface area contributed by atoms with Gasteiger partial charge in [-0.05, 0) is 99.5 Å². The zero-order valence-electron chi connectivity index (χ0n) is 27.7. The number of anilines is 2. The van der Waals surface area contributed by atoms with Gasteiger partial charge < -0.3 is 10.6 Å². The summed E-state index contributed by atoms with van der Waals surface area (Å²) in [5.41, 5.74) is 6.29. The number of amides is 2. The predicted octanol–water partition coefficient (Wildman–Crippen LogP) is 8.88. The minimum Gasteiger partial charge on any atom is -0.322 e. The first-order valence-electron chi connectivity index (χ1n) is 14.6. The predicted molar refractivity (Wildman–Crippen MR) is 198 cm³/mol. The van der Waals surface area contributed by atoms with Crippen LogP contribution in [0.3, 0.4) is 0 Å². The summed E-state index contributed by atoms with van der Waals surface area (Å²) in [7, 11) is 3.63. The molecule has 0 spiro atoms. The van der Waals surface area contributed by atoms with Gasteiger partial charge >= 0.3 is 1.43 Å². The Bertz CT molecular complexity index is 1630. The minimum absolute atomic E-state index is 0. The average Bonchev–Trinajstić information content (AvgIpc) is 3.47. The highest BCUT2D eigenvalue weighted by Crippen LogP contribution is 2.30. The van der Waals surface area contributed by atoms with Crippen LogP contribution in [0.5, 0.6) is 0 Å². The minimum atomic E-state index is -0.137. The van der Waals surface area contributed by atoms with E-state index in [4.69, 9.17) is 0 Å². The first-order valence-corrected chi connectivity index (χ1v) is 16.8. The van der Waals surface area contributed by atoms with Crippen LogP contribution >= 0.6 is 45.2 Å². The van der Waals surface area contributed by atoms with Crippen LogP contribution in [0.25, 0.3) is 5.57 Å². The van der Waals surface area contributed by atoms with Crippen molar-refractivity contribution < 1.29 is 11.0 Å². The van der Waals surface area contributed by atoms with Gasteiger partial charge in [-0.3, -0.25) is 19.0 Å². The molecule has 0 radical (unpaired) electrons. The Kier molecular flexibility index (Phi) is 13.2. The van der Waals surface area contributed by atoms with Crippen molar-refractivity contribution in [3.05, 3.63) is 96.7 Å². The Morgan fingerprint density at radius 2 is 1.27 bits per heavy atom. The molecule has 44 heavy (non-hydrogen) atoms. The Morgan fingerprint density at radius 3 is 1.75 bits per heavy atom. The highest BCUT2D eigenvalue weighted by Gasteiger charge is 2.18. The fraction of sp³-hybridized carbons (Fsp3) is 0.353. The monoisotopic (exact) mass is 821 g/mol. The number of nitrogens with zero attached hydrogens (tertiary/aromatic N) is 4. The fourth-order valence-corrected chi connectivity index (χ4v) is 6.46. The molecule has 10 heteroatoms. The lowest BCUT2D eigenvalue weighted by Crippen LogP contribution is -2.14. The van der Waals surface area contributed by atoms with Gasteiger partial charge in [-0.25, -0.2) is 0 Å². The van der Waals surface area contributed by atoms with Gasteiger partial charge in [0.25, 0.3) is 11.8 Å². The van der Waals surface area contributed by atoms with Crippen LogP contribution < -0.4 is 10.6 Å². The van der Waals surface area contributed by atoms with Crippen LogP contribution in [0.15, 0.2) is 67.0 Å². The van der Waals surface area contributed by atoms with Crippen molar-refractivity contribution in [1.29, 1.82) is 0 Å². The van der Waals surface area contributed by atoms with E-state index in [1.807, 2.05) is 56.6 Å². The van der Waals surface area contributed by atoms with E-state index in [0.29, 0.717) is 36.3 Å². The summed E-state index contributed by atoms with van der Waals surface area (Å²) in [4.78, 5) is 24.9. The maximum atomic E-state index is 12.5. The number of aromatic nitrogens is 4. The molecule has 4 rings (SSSR count). The number of allylic oxidation sites excluding steroid dienone is 2. The van der Waals surface area contributed by atoms with Crippen molar-refractivity contribution in [2.45, 2.75) is 53.9 Å². The highest BCUT2D eigenvalue weighted by molar-refractivity contribution is 14.1. The molecule has 1 atom stereocenters. The zero-order valence-corrected chi connectivity index (χ0v) is 31.0.